The van der Waals surface area contributed by atoms with E-state index in [-0.39, 0.29) is 18.6 Å². The molecule has 150 valence electrons. The second kappa shape index (κ2) is 8.91. The molecule has 0 unspecified atom stereocenters. The summed E-state index contributed by atoms with van der Waals surface area (Å²) in [4.78, 5) is 26.9. The van der Waals surface area contributed by atoms with Crippen molar-refractivity contribution in [2.45, 2.75) is 38.9 Å². The highest BCUT2D eigenvalue weighted by molar-refractivity contribution is 5.78. The molecule has 1 fully saturated rings. The molecule has 1 aliphatic rings. The van der Waals surface area contributed by atoms with E-state index in [1.165, 1.54) is 5.56 Å². The molecule has 0 bridgehead atoms. The van der Waals surface area contributed by atoms with Crippen molar-refractivity contribution in [2.75, 3.05) is 13.1 Å². The molecule has 4 rings (SSSR count). The standard InChI is InChI=1S/C21H23N5O3/c1-15-2-4-16(5-3-15)12-20(27)26-10-6-17(7-11-26)28-14-19-24-21(25-29-19)18-13-22-8-9-23-18/h2-5,8-9,13,17H,6-7,10-12,14H2,1H3. The summed E-state index contributed by atoms with van der Waals surface area (Å²) < 4.78 is 11.1. The number of aryl methyl sites for hydroxylation is 1. The predicted molar refractivity (Wildman–Crippen MR) is 105 cm³/mol. The first-order chi connectivity index (χ1) is 14.2. The third kappa shape index (κ3) is 5.03. The Labute approximate surface area is 168 Å². The van der Waals surface area contributed by atoms with Gasteiger partial charge in [-0.15, -0.1) is 0 Å². The van der Waals surface area contributed by atoms with Crippen molar-refractivity contribution in [1.82, 2.24) is 25.0 Å². The van der Waals surface area contributed by atoms with Crippen LogP contribution in [0.1, 0.15) is 29.9 Å². The lowest BCUT2D eigenvalue weighted by atomic mass is 10.1. The molecule has 3 aromatic rings. The maximum atomic E-state index is 12.5. The van der Waals surface area contributed by atoms with Gasteiger partial charge in [-0.3, -0.25) is 9.78 Å². The second-order valence-electron chi connectivity index (χ2n) is 7.16. The number of hydrogen-bond donors (Lipinski definition) is 0. The van der Waals surface area contributed by atoms with Gasteiger partial charge in [-0.1, -0.05) is 35.0 Å². The lowest BCUT2D eigenvalue weighted by Crippen LogP contribution is -2.41. The van der Waals surface area contributed by atoms with E-state index in [2.05, 4.69) is 20.1 Å². The molecular weight excluding hydrogens is 370 g/mol. The number of aromatic nitrogens is 4. The first-order valence-corrected chi connectivity index (χ1v) is 9.71. The zero-order valence-corrected chi connectivity index (χ0v) is 16.3. The van der Waals surface area contributed by atoms with Crippen molar-refractivity contribution in [3.05, 3.63) is 59.9 Å². The number of likely N-dealkylation sites (tertiary alicyclic amines) is 1. The lowest BCUT2D eigenvalue weighted by Gasteiger charge is -2.31. The molecule has 8 heteroatoms. The molecule has 0 spiro atoms. The number of piperidine rings is 1. The molecule has 1 saturated heterocycles. The smallest absolute Gasteiger partial charge is 0.253 e. The average Bonchev–Trinajstić information content (AvgIpc) is 3.24. The Morgan fingerprint density at radius 2 is 2.00 bits per heavy atom. The van der Waals surface area contributed by atoms with Crippen LogP contribution in [0.5, 0.6) is 0 Å². The van der Waals surface area contributed by atoms with Crippen molar-refractivity contribution >= 4 is 5.91 Å². The highest BCUT2D eigenvalue weighted by Crippen LogP contribution is 2.18. The summed E-state index contributed by atoms with van der Waals surface area (Å²) in [5.74, 6) is 0.967. The molecule has 1 aliphatic heterocycles. The zero-order chi connectivity index (χ0) is 20.1. The van der Waals surface area contributed by atoms with Crippen LogP contribution in [0.15, 0.2) is 47.4 Å². The summed E-state index contributed by atoms with van der Waals surface area (Å²) in [6.45, 7) is 3.69. The van der Waals surface area contributed by atoms with Gasteiger partial charge in [-0.2, -0.15) is 4.98 Å². The number of carbonyl (C=O) groups excluding carboxylic acids is 1. The van der Waals surface area contributed by atoms with Gasteiger partial charge in [0, 0.05) is 25.5 Å². The minimum absolute atomic E-state index is 0.0743. The van der Waals surface area contributed by atoms with Gasteiger partial charge in [-0.25, -0.2) is 4.98 Å². The molecule has 0 atom stereocenters. The summed E-state index contributed by atoms with van der Waals surface area (Å²) in [6.07, 6.45) is 6.86. The average molecular weight is 393 g/mol. The summed E-state index contributed by atoms with van der Waals surface area (Å²) in [5, 5.41) is 3.91. The maximum Gasteiger partial charge on any atom is 0.253 e. The van der Waals surface area contributed by atoms with E-state index in [1.54, 1.807) is 18.6 Å². The summed E-state index contributed by atoms with van der Waals surface area (Å²) >= 11 is 0. The van der Waals surface area contributed by atoms with E-state index in [9.17, 15) is 4.79 Å². The Morgan fingerprint density at radius 3 is 2.72 bits per heavy atom. The lowest BCUT2D eigenvalue weighted by molar-refractivity contribution is -0.133. The van der Waals surface area contributed by atoms with Gasteiger partial charge in [0.1, 0.15) is 12.3 Å². The summed E-state index contributed by atoms with van der Waals surface area (Å²) in [5.41, 5.74) is 2.81. The number of carbonyl (C=O) groups is 1. The monoisotopic (exact) mass is 393 g/mol. The fourth-order valence-electron chi connectivity index (χ4n) is 3.29. The number of ether oxygens (including phenoxy) is 1. The molecule has 29 heavy (non-hydrogen) atoms. The molecule has 2 aromatic heterocycles. The van der Waals surface area contributed by atoms with Crippen LogP contribution < -0.4 is 0 Å². The first kappa shape index (κ1) is 19.2. The van der Waals surface area contributed by atoms with Crippen molar-refractivity contribution in [3.63, 3.8) is 0 Å². The molecule has 0 aliphatic carbocycles. The van der Waals surface area contributed by atoms with Crippen LogP contribution in [0.3, 0.4) is 0 Å². The Bertz CT molecular complexity index is 934. The Kier molecular flexibility index (Phi) is 5.90. The molecule has 1 aromatic carbocycles. The third-order valence-corrected chi connectivity index (χ3v) is 4.97. The predicted octanol–water partition coefficient (Wildman–Crippen LogP) is 2.59. The summed E-state index contributed by atoms with van der Waals surface area (Å²) in [7, 11) is 0. The SMILES string of the molecule is Cc1ccc(CC(=O)N2CCC(OCc3nc(-c4cnccn4)no3)CC2)cc1. The third-order valence-electron chi connectivity index (χ3n) is 4.97. The van der Waals surface area contributed by atoms with E-state index in [4.69, 9.17) is 9.26 Å². The second-order valence-corrected chi connectivity index (χ2v) is 7.16. The fourth-order valence-corrected chi connectivity index (χ4v) is 3.29. The first-order valence-electron chi connectivity index (χ1n) is 9.71. The van der Waals surface area contributed by atoms with E-state index < -0.39 is 0 Å². The molecule has 8 nitrogen and oxygen atoms in total. The number of benzene rings is 1. The molecule has 0 N–H and O–H groups in total. The highest BCUT2D eigenvalue weighted by atomic mass is 16.5. The summed E-state index contributed by atoms with van der Waals surface area (Å²) in [6, 6.07) is 8.11. The Balaban J connectivity index is 1.22. The van der Waals surface area contributed by atoms with Crippen LogP contribution >= 0.6 is 0 Å². The normalized spacial score (nSPS) is 14.9. The van der Waals surface area contributed by atoms with Crippen molar-refractivity contribution in [1.29, 1.82) is 0 Å². The highest BCUT2D eigenvalue weighted by Gasteiger charge is 2.24. The van der Waals surface area contributed by atoms with Crippen LogP contribution in [-0.2, 0) is 22.6 Å². The number of nitrogens with zero attached hydrogens (tertiary/aromatic N) is 5. The largest absolute Gasteiger partial charge is 0.368 e. The van der Waals surface area contributed by atoms with Crippen LogP contribution in [0.25, 0.3) is 11.5 Å². The maximum absolute atomic E-state index is 12.5. The van der Waals surface area contributed by atoms with E-state index in [0.717, 1.165) is 18.4 Å². The van der Waals surface area contributed by atoms with Crippen LogP contribution in [0, 0.1) is 6.92 Å². The van der Waals surface area contributed by atoms with Gasteiger partial charge in [0.25, 0.3) is 5.89 Å². The number of amides is 1. The molecule has 0 radical (unpaired) electrons. The van der Waals surface area contributed by atoms with Crippen LogP contribution in [0.2, 0.25) is 0 Å². The Hall–Kier alpha value is -3.13. The van der Waals surface area contributed by atoms with Crippen molar-refractivity contribution in [2.24, 2.45) is 0 Å². The van der Waals surface area contributed by atoms with E-state index in [0.29, 0.717) is 36.9 Å². The minimum Gasteiger partial charge on any atom is -0.368 e. The van der Waals surface area contributed by atoms with Crippen molar-refractivity contribution in [3.8, 4) is 11.5 Å². The molecular formula is C21H23N5O3. The van der Waals surface area contributed by atoms with Crippen LogP contribution in [-0.4, -0.2) is 50.1 Å². The van der Waals surface area contributed by atoms with Gasteiger partial charge >= 0.3 is 0 Å². The quantitative estimate of drug-likeness (QED) is 0.635. The van der Waals surface area contributed by atoms with E-state index >= 15 is 0 Å². The fraction of sp³-hybridized carbons (Fsp3) is 0.381. The molecule has 3 heterocycles. The van der Waals surface area contributed by atoms with E-state index in [1.807, 2.05) is 36.1 Å². The molecule has 1 amide bonds. The van der Waals surface area contributed by atoms with Gasteiger partial charge in [0.05, 0.1) is 18.7 Å². The Morgan fingerprint density at radius 1 is 1.21 bits per heavy atom. The topological polar surface area (TPSA) is 94.2 Å². The van der Waals surface area contributed by atoms with Gasteiger partial charge in [-0.05, 0) is 25.3 Å². The molecule has 0 saturated carbocycles. The van der Waals surface area contributed by atoms with Gasteiger partial charge in [0.2, 0.25) is 11.7 Å². The van der Waals surface area contributed by atoms with Gasteiger partial charge < -0.3 is 14.2 Å². The van der Waals surface area contributed by atoms with Crippen LogP contribution in [0.4, 0.5) is 0 Å². The number of rotatable bonds is 6. The zero-order valence-electron chi connectivity index (χ0n) is 16.3. The van der Waals surface area contributed by atoms with Crippen molar-refractivity contribution < 1.29 is 14.1 Å². The minimum atomic E-state index is 0.0743. The number of hydrogen-bond acceptors (Lipinski definition) is 7. The van der Waals surface area contributed by atoms with Gasteiger partial charge in [0.15, 0.2) is 0 Å².